The van der Waals surface area contributed by atoms with Gasteiger partial charge in [-0.1, -0.05) is 12.1 Å². The molecule has 0 aliphatic rings. The number of rotatable bonds is 4. The number of benzene rings is 2. The molecule has 1 N–H and O–H groups in total. The number of non-ortho nitro benzene ring substituents is 1. The third kappa shape index (κ3) is 4.71. The molecule has 0 saturated heterocycles. The smallest absolute Gasteiger partial charge is 0.273 e. The Labute approximate surface area is 125 Å². The van der Waals surface area contributed by atoms with Crippen molar-refractivity contribution in [2.45, 2.75) is 0 Å². The third-order valence-electron chi connectivity index (χ3n) is 2.56. The molecule has 7 nitrogen and oxygen atoms in total. The molecule has 0 aliphatic heterocycles. The second-order valence-electron chi connectivity index (χ2n) is 4.02. The van der Waals surface area contributed by atoms with Crippen LogP contribution in [0.2, 0.25) is 0 Å². The van der Waals surface area contributed by atoms with E-state index in [-0.39, 0.29) is 17.0 Å². The number of aromatic hydroxyl groups is 1. The summed E-state index contributed by atoms with van der Waals surface area (Å²) in [6.07, 6.45) is 1.16. The molecule has 2 aromatic rings. The number of carbonyl (C=O) groups is 2. The zero-order chi connectivity index (χ0) is 16.5. The molecule has 0 fully saturated rings. The van der Waals surface area contributed by atoms with Gasteiger partial charge in [0.1, 0.15) is 17.8 Å². The Balaban J connectivity index is 0.000000235. The molecule has 0 heterocycles. The van der Waals surface area contributed by atoms with Gasteiger partial charge in [-0.05, 0) is 18.2 Å². The van der Waals surface area contributed by atoms with Gasteiger partial charge in [0.2, 0.25) is 0 Å². The minimum Gasteiger partial charge on any atom is -0.507 e. The number of aldehydes is 2. The minimum atomic E-state index is -0.574. The Bertz CT molecular complexity index is 683. The van der Waals surface area contributed by atoms with E-state index in [1.807, 2.05) is 0 Å². The van der Waals surface area contributed by atoms with Crippen LogP contribution in [0.5, 0.6) is 11.5 Å². The summed E-state index contributed by atoms with van der Waals surface area (Å²) in [5, 5.41) is 19.3. The van der Waals surface area contributed by atoms with Crippen LogP contribution in [0.3, 0.4) is 0 Å². The van der Waals surface area contributed by atoms with Gasteiger partial charge >= 0.3 is 0 Å². The molecule has 22 heavy (non-hydrogen) atoms. The lowest BCUT2D eigenvalue weighted by Crippen LogP contribution is -1.92. The summed E-state index contributed by atoms with van der Waals surface area (Å²) < 4.78 is 4.78. The monoisotopic (exact) mass is 303 g/mol. The summed E-state index contributed by atoms with van der Waals surface area (Å²) in [6.45, 7) is 0. The van der Waals surface area contributed by atoms with Gasteiger partial charge in [0.25, 0.3) is 5.69 Å². The quantitative estimate of drug-likeness (QED) is 0.528. The molecule has 2 rings (SSSR count). The average molecular weight is 303 g/mol. The lowest BCUT2D eigenvalue weighted by Gasteiger charge is -1.99. The van der Waals surface area contributed by atoms with E-state index in [4.69, 9.17) is 9.84 Å². The van der Waals surface area contributed by atoms with Crippen molar-refractivity contribution in [2.24, 2.45) is 0 Å². The van der Waals surface area contributed by atoms with Gasteiger partial charge in [-0.25, -0.2) is 0 Å². The molecule has 0 amide bonds. The number of hydrogen-bond acceptors (Lipinski definition) is 6. The summed E-state index contributed by atoms with van der Waals surface area (Å²) in [5.74, 6) is 0.337. The molecule has 0 atom stereocenters. The van der Waals surface area contributed by atoms with Gasteiger partial charge in [0.15, 0.2) is 6.29 Å². The number of nitro groups is 1. The largest absolute Gasteiger partial charge is 0.507 e. The number of nitrogens with zero attached hydrogens (tertiary/aromatic N) is 1. The molecule has 2 aromatic carbocycles. The van der Waals surface area contributed by atoms with E-state index in [0.717, 1.165) is 0 Å². The van der Waals surface area contributed by atoms with Crippen LogP contribution >= 0.6 is 0 Å². The minimum absolute atomic E-state index is 0.0347. The fraction of sp³-hybridized carbons (Fsp3) is 0.0667. The molecule has 7 heteroatoms. The molecule has 0 spiro atoms. The van der Waals surface area contributed by atoms with Crippen LogP contribution in [-0.4, -0.2) is 29.7 Å². The predicted octanol–water partition coefficient (Wildman–Crippen LogP) is 2.62. The van der Waals surface area contributed by atoms with Gasteiger partial charge in [-0.2, -0.15) is 0 Å². The van der Waals surface area contributed by atoms with Crippen LogP contribution in [-0.2, 0) is 0 Å². The summed E-state index contributed by atoms with van der Waals surface area (Å²) >= 11 is 0. The lowest BCUT2D eigenvalue weighted by atomic mass is 10.2. The molecule has 0 aromatic heterocycles. The fourth-order valence-electron chi connectivity index (χ4n) is 1.48. The second kappa shape index (κ2) is 8.15. The third-order valence-corrected chi connectivity index (χ3v) is 2.56. The van der Waals surface area contributed by atoms with E-state index in [1.165, 1.54) is 31.4 Å². The topological polar surface area (TPSA) is 107 Å². The SMILES string of the molecule is COc1cc(C=O)cc([N+](=O)[O-])c1.O=Cc1ccccc1O. The van der Waals surface area contributed by atoms with Crippen molar-refractivity contribution in [1.82, 2.24) is 0 Å². The number of nitro benzene ring substituents is 1. The standard InChI is InChI=1S/C8H7NO4.C7H6O2/c1-13-8-3-6(5-10)2-7(4-8)9(11)12;8-5-6-3-1-2-4-7(6)9/h2-5H,1H3;1-5,9H. The van der Waals surface area contributed by atoms with Crippen molar-refractivity contribution in [3.63, 3.8) is 0 Å². The predicted molar refractivity (Wildman–Crippen MR) is 78.5 cm³/mol. The van der Waals surface area contributed by atoms with E-state index >= 15 is 0 Å². The fourth-order valence-corrected chi connectivity index (χ4v) is 1.48. The first-order valence-corrected chi connectivity index (χ1v) is 6.03. The number of phenols is 1. The molecule has 0 radical (unpaired) electrons. The van der Waals surface area contributed by atoms with E-state index in [2.05, 4.69) is 0 Å². The number of carbonyl (C=O) groups excluding carboxylic acids is 2. The normalized spacial score (nSPS) is 9.14. The highest BCUT2D eigenvalue weighted by atomic mass is 16.6. The Morgan fingerprint density at radius 1 is 1.14 bits per heavy atom. The first kappa shape index (κ1) is 16.8. The molecule has 0 saturated carbocycles. The molecule has 0 bridgehead atoms. The maximum Gasteiger partial charge on any atom is 0.273 e. The number of phenolic OH excluding ortho intramolecular Hbond substituents is 1. The van der Waals surface area contributed by atoms with Crippen molar-refractivity contribution in [3.05, 3.63) is 63.7 Å². The highest BCUT2D eigenvalue weighted by Gasteiger charge is 2.09. The zero-order valence-corrected chi connectivity index (χ0v) is 11.6. The first-order chi connectivity index (χ1) is 10.5. The summed E-state index contributed by atoms with van der Waals surface area (Å²) in [5.41, 5.74) is 0.407. The van der Waals surface area contributed by atoms with Crippen molar-refractivity contribution < 1.29 is 24.4 Å². The number of methoxy groups -OCH3 is 1. The van der Waals surface area contributed by atoms with Crippen LogP contribution in [0.25, 0.3) is 0 Å². The van der Waals surface area contributed by atoms with Crippen LogP contribution in [0, 0.1) is 10.1 Å². The molecular weight excluding hydrogens is 290 g/mol. The van der Waals surface area contributed by atoms with E-state index in [0.29, 0.717) is 23.9 Å². The van der Waals surface area contributed by atoms with Crippen LogP contribution in [0.4, 0.5) is 5.69 Å². The van der Waals surface area contributed by atoms with E-state index in [9.17, 15) is 19.7 Å². The summed E-state index contributed by atoms with van der Waals surface area (Å²) in [4.78, 5) is 30.2. The van der Waals surface area contributed by atoms with Crippen LogP contribution in [0.15, 0.2) is 42.5 Å². The number of ether oxygens (including phenoxy) is 1. The number of para-hydroxylation sites is 1. The highest BCUT2D eigenvalue weighted by Crippen LogP contribution is 2.21. The number of hydrogen-bond donors (Lipinski definition) is 1. The van der Waals surface area contributed by atoms with Gasteiger partial charge in [-0.15, -0.1) is 0 Å². The van der Waals surface area contributed by atoms with Crippen molar-refractivity contribution in [1.29, 1.82) is 0 Å². The second-order valence-corrected chi connectivity index (χ2v) is 4.02. The molecule has 114 valence electrons. The van der Waals surface area contributed by atoms with Gasteiger partial charge in [0.05, 0.1) is 23.7 Å². The zero-order valence-electron chi connectivity index (χ0n) is 11.6. The van der Waals surface area contributed by atoms with Gasteiger partial charge in [0, 0.05) is 11.6 Å². The van der Waals surface area contributed by atoms with Crippen molar-refractivity contribution in [2.75, 3.05) is 7.11 Å². The first-order valence-electron chi connectivity index (χ1n) is 6.03. The summed E-state index contributed by atoms with van der Waals surface area (Å²) in [7, 11) is 1.38. The molecule has 0 unspecified atom stereocenters. The van der Waals surface area contributed by atoms with Gasteiger partial charge in [-0.3, -0.25) is 19.7 Å². The van der Waals surface area contributed by atoms with E-state index in [1.54, 1.807) is 18.2 Å². The Hall–Kier alpha value is -3.22. The highest BCUT2D eigenvalue weighted by molar-refractivity contribution is 5.78. The van der Waals surface area contributed by atoms with E-state index < -0.39 is 4.92 Å². The van der Waals surface area contributed by atoms with Crippen molar-refractivity contribution in [3.8, 4) is 11.5 Å². The maximum absolute atomic E-state index is 10.4. The molecular formula is C15H13NO6. The van der Waals surface area contributed by atoms with Gasteiger partial charge < -0.3 is 9.84 Å². The molecule has 0 aliphatic carbocycles. The average Bonchev–Trinajstić information content (AvgIpc) is 2.55. The van der Waals surface area contributed by atoms with Crippen LogP contribution < -0.4 is 4.74 Å². The Morgan fingerprint density at radius 3 is 2.27 bits per heavy atom. The summed E-state index contributed by atoms with van der Waals surface area (Å²) in [6, 6.07) is 10.3. The van der Waals surface area contributed by atoms with Crippen molar-refractivity contribution >= 4 is 18.3 Å². The van der Waals surface area contributed by atoms with Crippen LogP contribution in [0.1, 0.15) is 20.7 Å². The Kier molecular flexibility index (Phi) is 6.24. The lowest BCUT2D eigenvalue weighted by molar-refractivity contribution is -0.384. The maximum atomic E-state index is 10.4. The Morgan fingerprint density at radius 2 is 1.82 bits per heavy atom.